The van der Waals surface area contributed by atoms with Gasteiger partial charge in [0, 0.05) is 30.9 Å². The maximum absolute atomic E-state index is 11.5. The highest BCUT2D eigenvalue weighted by Gasteiger charge is 2.24. The first kappa shape index (κ1) is 20.6. The highest BCUT2D eigenvalue weighted by molar-refractivity contribution is 9.10. The molecule has 9 heteroatoms. The normalized spacial score (nSPS) is 11.1. The maximum Gasteiger partial charge on any atom is 0.353 e. The third-order valence-electron chi connectivity index (χ3n) is 4.14. The average molecular weight is 428 g/mol. The van der Waals surface area contributed by atoms with Crippen LogP contribution in [0.5, 0.6) is 0 Å². The molecule has 8 N–H and O–H groups in total. The van der Waals surface area contributed by atoms with Gasteiger partial charge in [-0.3, -0.25) is 0 Å². The van der Waals surface area contributed by atoms with Crippen molar-refractivity contribution in [1.29, 1.82) is 0 Å². The summed E-state index contributed by atoms with van der Waals surface area (Å²) in [5.74, 6) is -1.12. The van der Waals surface area contributed by atoms with Crippen LogP contribution in [0.25, 0.3) is 11.1 Å². The molecule has 0 bridgehead atoms. The van der Waals surface area contributed by atoms with Gasteiger partial charge in [0.15, 0.2) is 0 Å². The first-order valence-electron chi connectivity index (χ1n) is 8.01. The second kappa shape index (κ2) is 9.26. The quantitative estimate of drug-likeness (QED) is 0.290. The molecule has 2 rings (SSSR count). The molecule has 142 valence electrons. The summed E-state index contributed by atoms with van der Waals surface area (Å²) in [6, 6.07) is 3.35. The van der Waals surface area contributed by atoms with Crippen LogP contribution in [-0.4, -0.2) is 44.5 Å². The summed E-state index contributed by atoms with van der Waals surface area (Å²) in [6.07, 6.45) is 0. The van der Waals surface area contributed by atoms with Crippen molar-refractivity contribution in [2.24, 2.45) is 5.73 Å². The van der Waals surface area contributed by atoms with Gasteiger partial charge in [-0.05, 0) is 38.2 Å². The summed E-state index contributed by atoms with van der Waals surface area (Å²) in [7, 11) is 0. The van der Waals surface area contributed by atoms with Gasteiger partial charge >= 0.3 is 5.97 Å². The number of aromatic carboxylic acids is 1. The second-order valence-corrected chi connectivity index (χ2v) is 6.43. The van der Waals surface area contributed by atoms with Gasteiger partial charge < -0.3 is 36.5 Å². The Hall–Kier alpha value is -1.75. The molecule has 0 unspecified atom stereocenters. The summed E-state index contributed by atoms with van der Waals surface area (Å²) in [4.78, 5) is 14.4. The van der Waals surface area contributed by atoms with Gasteiger partial charge in [0.25, 0.3) is 0 Å². The van der Waals surface area contributed by atoms with Crippen molar-refractivity contribution >= 4 is 21.9 Å². The lowest BCUT2D eigenvalue weighted by Crippen LogP contribution is -2.22. The number of aromatic amines is 1. The Labute approximate surface area is 158 Å². The lowest BCUT2D eigenvalue weighted by atomic mass is 9.92. The van der Waals surface area contributed by atoms with Crippen LogP contribution in [0.1, 0.15) is 32.9 Å². The molecule has 0 amide bonds. The van der Waals surface area contributed by atoms with E-state index in [-0.39, 0.29) is 25.5 Å². The number of nitrogens with two attached hydrogens (primary N) is 1. The topological polar surface area (TPSA) is 152 Å². The predicted molar refractivity (Wildman–Crippen MR) is 99.4 cm³/mol. The number of carbonyl (C=O) groups is 1. The lowest BCUT2D eigenvalue weighted by molar-refractivity contribution is 0.0690. The van der Waals surface area contributed by atoms with Crippen molar-refractivity contribution in [2.45, 2.75) is 26.4 Å². The average Bonchev–Trinajstić information content (AvgIpc) is 2.96. The molecule has 0 aliphatic carbocycles. The zero-order valence-electron chi connectivity index (χ0n) is 14.0. The van der Waals surface area contributed by atoms with E-state index in [2.05, 4.69) is 26.2 Å². The van der Waals surface area contributed by atoms with Crippen molar-refractivity contribution in [3.8, 4) is 11.1 Å². The Morgan fingerprint density at radius 2 is 1.85 bits per heavy atom. The standard InChI is InChI=1S/C17H22BrN3O5/c18-15-14(13(5-20-4-3-19)21-16(15)17(25)26)10-2-1-9(6-22)11(7-23)12(10)8-24/h1-2,20-24H,3-8,19H2,(H,25,26). The Kier molecular flexibility index (Phi) is 7.33. The summed E-state index contributed by atoms with van der Waals surface area (Å²) in [5, 5.41) is 41.5. The molecule has 1 aromatic carbocycles. The molecule has 0 atom stereocenters. The molecule has 0 aliphatic rings. The smallest absolute Gasteiger partial charge is 0.353 e. The molecular weight excluding hydrogens is 406 g/mol. The van der Waals surface area contributed by atoms with Gasteiger partial charge in [0.1, 0.15) is 5.69 Å². The molecule has 1 heterocycles. The lowest BCUT2D eigenvalue weighted by Gasteiger charge is -2.16. The number of benzene rings is 1. The fraction of sp³-hybridized carbons (Fsp3) is 0.353. The van der Waals surface area contributed by atoms with Crippen LogP contribution in [0.2, 0.25) is 0 Å². The van der Waals surface area contributed by atoms with Gasteiger partial charge in [-0.2, -0.15) is 0 Å². The van der Waals surface area contributed by atoms with Crippen molar-refractivity contribution in [3.05, 3.63) is 44.7 Å². The highest BCUT2D eigenvalue weighted by Crippen LogP contribution is 2.38. The largest absolute Gasteiger partial charge is 0.477 e. The first-order valence-corrected chi connectivity index (χ1v) is 8.80. The number of carboxylic acid groups (broad SMARTS) is 1. The highest BCUT2D eigenvalue weighted by atomic mass is 79.9. The van der Waals surface area contributed by atoms with E-state index < -0.39 is 5.97 Å². The fourth-order valence-corrected chi connectivity index (χ4v) is 3.62. The number of carboxylic acids is 1. The van der Waals surface area contributed by atoms with Crippen LogP contribution in [-0.2, 0) is 26.4 Å². The van der Waals surface area contributed by atoms with E-state index in [0.29, 0.717) is 57.6 Å². The summed E-state index contributed by atoms with van der Waals surface area (Å²) in [5.41, 5.74) is 8.61. The number of aliphatic hydroxyl groups is 3. The number of aliphatic hydroxyl groups excluding tert-OH is 3. The predicted octanol–water partition coefficient (Wildman–Crippen LogP) is 0.668. The van der Waals surface area contributed by atoms with Gasteiger partial charge in [-0.15, -0.1) is 0 Å². The van der Waals surface area contributed by atoms with Gasteiger partial charge in [0.05, 0.1) is 24.3 Å². The Balaban J connectivity index is 2.68. The zero-order valence-corrected chi connectivity index (χ0v) is 15.6. The van der Waals surface area contributed by atoms with Crippen molar-refractivity contribution in [1.82, 2.24) is 10.3 Å². The van der Waals surface area contributed by atoms with E-state index in [1.54, 1.807) is 12.1 Å². The number of H-pyrrole nitrogens is 1. The van der Waals surface area contributed by atoms with E-state index in [1.165, 1.54) is 0 Å². The molecule has 26 heavy (non-hydrogen) atoms. The summed E-state index contributed by atoms with van der Waals surface area (Å²) < 4.78 is 0.352. The number of halogens is 1. The van der Waals surface area contributed by atoms with Crippen LogP contribution < -0.4 is 11.1 Å². The van der Waals surface area contributed by atoms with Crippen molar-refractivity contribution in [2.75, 3.05) is 13.1 Å². The van der Waals surface area contributed by atoms with E-state index >= 15 is 0 Å². The van der Waals surface area contributed by atoms with Crippen molar-refractivity contribution < 1.29 is 25.2 Å². The number of rotatable bonds is 9. The minimum atomic E-state index is -1.12. The number of hydrogen-bond donors (Lipinski definition) is 7. The monoisotopic (exact) mass is 427 g/mol. The summed E-state index contributed by atoms with van der Waals surface area (Å²) >= 11 is 3.34. The number of nitrogens with one attached hydrogen (secondary N) is 2. The Morgan fingerprint density at radius 3 is 2.38 bits per heavy atom. The molecule has 0 spiro atoms. The molecule has 1 aromatic heterocycles. The Morgan fingerprint density at radius 1 is 1.15 bits per heavy atom. The molecule has 0 radical (unpaired) electrons. The van der Waals surface area contributed by atoms with Gasteiger partial charge in [0.2, 0.25) is 0 Å². The maximum atomic E-state index is 11.5. The SMILES string of the molecule is NCCNCc1[nH]c(C(=O)O)c(Br)c1-c1ccc(CO)c(CO)c1CO. The molecule has 8 nitrogen and oxygen atoms in total. The zero-order chi connectivity index (χ0) is 19.3. The van der Waals surface area contributed by atoms with Gasteiger partial charge in [-0.25, -0.2) is 4.79 Å². The molecule has 0 fully saturated rings. The third-order valence-corrected chi connectivity index (χ3v) is 4.93. The number of aromatic nitrogens is 1. The van der Waals surface area contributed by atoms with Crippen LogP contribution in [0, 0.1) is 0 Å². The number of hydrogen-bond acceptors (Lipinski definition) is 6. The van der Waals surface area contributed by atoms with Crippen LogP contribution >= 0.6 is 15.9 Å². The molecule has 0 saturated carbocycles. The van der Waals surface area contributed by atoms with Gasteiger partial charge in [-0.1, -0.05) is 12.1 Å². The molecular formula is C17H22BrN3O5. The van der Waals surface area contributed by atoms with Crippen LogP contribution in [0.3, 0.4) is 0 Å². The first-order chi connectivity index (χ1) is 12.5. The van der Waals surface area contributed by atoms with E-state index in [9.17, 15) is 25.2 Å². The van der Waals surface area contributed by atoms with E-state index in [4.69, 9.17) is 5.73 Å². The minimum Gasteiger partial charge on any atom is -0.477 e. The van der Waals surface area contributed by atoms with Crippen LogP contribution in [0.4, 0.5) is 0 Å². The van der Waals surface area contributed by atoms with E-state index in [1.807, 2.05) is 0 Å². The minimum absolute atomic E-state index is 0.00905. The van der Waals surface area contributed by atoms with E-state index in [0.717, 1.165) is 0 Å². The third kappa shape index (κ3) is 3.98. The molecule has 2 aromatic rings. The van der Waals surface area contributed by atoms with Crippen molar-refractivity contribution in [3.63, 3.8) is 0 Å². The second-order valence-electron chi connectivity index (χ2n) is 5.64. The Bertz CT molecular complexity index is 791. The summed E-state index contributed by atoms with van der Waals surface area (Å²) in [6.45, 7) is 0.340. The fourth-order valence-electron chi connectivity index (χ4n) is 2.90. The molecule has 0 aliphatic heterocycles. The van der Waals surface area contributed by atoms with Crippen LogP contribution in [0.15, 0.2) is 16.6 Å². The molecule has 0 saturated heterocycles.